The van der Waals surface area contributed by atoms with Gasteiger partial charge in [-0.05, 0) is 28.1 Å². The van der Waals surface area contributed by atoms with Crippen LogP contribution in [-0.4, -0.2) is 15.6 Å². The van der Waals surface area contributed by atoms with Gasteiger partial charge in [-0.15, -0.1) is 0 Å². The Morgan fingerprint density at radius 1 is 1.37 bits per heavy atom. The summed E-state index contributed by atoms with van der Waals surface area (Å²) in [5.41, 5.74) is -0.705. The van der Waals surface area contributed by atoms with Gasteiger partial charge in [0.2, 0.25) is 0 Å². The van der Waals surface area contributed by atoms with E-state index < -0.39 is 17.3 Å². The second-order valence-corrected chi connectivity index (χ2v) is 4.82. The lowest BCUT2D eigenvalue weighted by molar-refractivity contribution is 0.0694. The second kappa shape index (κ2) is 5.36. The number of carboxylic acid groups (broad SMARTS) is 1. The largest absolute Gasteiger partial charge is 0.477 e. The molecule has 0 spiro atoms. The van der Waals surface area contributed by atoms with Gasteiger partial charge in [-0.25, -0.2) is 9.18 Å². The van der Waals surface area contributed by atoms with E-state index in [1.165, 1.54) is 18.3 Å². The molecule has 0 aliphatic carbocycles. The monoisotopic (exact) mass is 325 g/mol. The molecule has 1 aromatic heterocycles. The SMILES string of the molecule is O=C(O)c1cc(Br)cn(Cc2ccccc2F)c1=O. The Kier molecular flexibility index (Phi) is 3.80. The highest BCUT2D eigenvalue weighted by Gasteiger charge is 2.13. The first-order valence-electron chi connectivity index (χ1n) is 5.35. The Balaban J connectivity index is 2.50. The number of aromatic nitrogens is 1. The van der Waals surface area contributed by atoms with Gasteiger partial charge in [0.1, 0.15) is 11.4 Å². The first-order valence-corrected chi connectivity index (χ1v) is 6.15. The van der Waals surface area contributed by atoms with E-state index in [0.29, 0.717) is 10.0 Å². The lowest BCUT2D eigenvalue weighted by atomic mass is 10.2. The van der Waals surface area contributed by atoms with Crippen LogP contribution in [0.1, 0.15) is 15.9 Å². The summed E-state index contributed by atoms with van der Waals surface area (Å²) >= 11 is 3.13. The molecule has 1 heterocycles. The van der Waals surface area contributed by atoms with Crippen molar-refractivity contribution in [2.75, 3.05) is 0 Å². The summed E-state index contributed by atoms with van der Waals surface area (Å²) in [6, 6.07) is 7.26. The first-order chi connectivity index (χ1) is 8.99. The number of pyridine rings is 1. The van der Waals surface area contributed by atoms with Crippen LogP contribution >= 0.6 is 15.9 Å². The van der Waals surface area contributed by atoms with Crippen LogP contribution in [0.15, 0.2) is 45.8 Å². The zero-order valence-corrected chi connectivity index (χ0v) is 11.2. The number of carboxylic acids is 1. The topological polar surface area (TPSA) is 59.3 Å². The van der Waals surface area contributed by atoms with E-state index in [4.69, 9.17) is 5.11 Å². The molecule has 0 fully saturated rings. The molecule has 98 valence electrons. The molecule has 6 heteroatoms. The van der Waals surface area contributed by atoms with Gasteiger partial charge in [0.25, 0.3) is 5.56 Å². The van der Waals surface area contributed by atoms with Crippen LogP contribution in [0.5, 0.6) is 0 Å². The van der Waals surface area contributed by atoms with Gasteiger partial charge >= 0.3 is 5.97 Å². The van der Waals surface area contributed by atoms with Crippen molar-refractivity contribution < 1.29 is 14.3 Å². The summed E-state index contributed by atoms with van der Waals surface area (Å²) in [4.78, 5) is 22.9. The lowest BCUT2D eigenvalue weighted by Crippen LogP contribution is -2.26. The van der Waals surface area contributed by atoms with E-state index in [9.17, 15) is 14.0 Å². The minimum Gasteiger partial charge on any atom is -0.477 e. The Morgan fingerprint density at radius 3 is 2.68 bits per heavy atom. The van der Waals surface area contributed by atoms with Crippen molar-refractivity contribution in [2.24, 2.45) is 0 Å². The predicted octanol–water partition coefficient (Wildman–Crippen LogP) is 2.50. The normalized spacial score (nSPS) is 10.4. The maximum absolute atomic E-state index is 13.5. The molecular weight excluding hydrogens is 317 g/mol. The van der Waals surface area contributed by atoms with Gasteiger partial charge in [-0.1, -0.05) is 18.2 Å². The van der Waals surface area contributed by atoms with Gasteiger partial charge in [-0.2, -0.15) is 0 Å². The second-order valence-electron chi connectivity index (χ2n) is 3.90. The summed E-state index contributed by atoms with van der Waals surface area (Å²) in [6.07, 6.45) is 1.43. The molecule has 4 nitrogen and oxygen atoms in total. The van der Waals surface area contributed by atoms with Crippen molar-refractivity contribution in [3.05, 3.63) is 68.3 Å². The van der Waals surface area contributed by atoms with Crippen LogP contribution in [0.4, 0.5) is 4.39 Å². The number of benzene rings is 1. The highest BCUT2D eigenvalue weighted by Crippen LogP contribution is 2.12. The fraction of sp³-hybridized carbons (Fsp3) is 0.0769. The van der Waals surface area contributed by atoms with Crippen molar-refractivity contribution in [1.82, 2.24) is 4.57 Å². The maximum Gasteiger partial charge on any atom is 0.341 e. The van der Waals surface area contributed by atoms with Crippen LogP contribution < -0.4 is 5.56 Å². The highest BCUT2D eigenvalue weighted by molar-refractivity contribution is 9.10. The standard InChI is InChI=1S/C13H9BrFNO3/c14-9-5-10(13(18)19)12(17)16(7-9)6-8-3-1-2-4-11(8)15/h1-5,7H,6H2,(H,18,19). The third-order valence-corrected chi connectivity index (χ3v) is 3.02. The molecule has 0 bridgehead atoms. The molecule has 1 N–H and O–H groups in total. The molecule has 0 unspecified atom stereocenters. The fourth-order valence-corrected chi connectivity index (χ4v) is 2.16. The number of rotatable bonds is 3. The van der Waals surface area contributed by atoms with Gasteiger partial charge in [0.05, 0.1) is 6.54 Å². The Labute approximate surface area is 116 Å². The quantitative estimate of drug-likeness (QED) is 0.943. The van der Waals surface area contributed by atoms with Crippen LogP contribution in [0.25, 0.3) is 0 Å². The summed E-state index contributed by atoms with van der Waals surface area (Å²) in [6.45, 7) is -0.0226. The lowest BCUT2D eigenvalue weighted by Gasteiger charge is -2.08. The first kappa shape index (κ1) is 13.5. The molecule has 0 amide bonds. The van der Waals surface area contributed by atoms with Crippen molar-refractivity contribution in [3.8, 4) is 0 Å². The zero-order valence-electron chi connectivity index (χ0n) is 9.64. The van der Waals surface area contributed by atoms with Crippen LogP contribution in [0.2, 0.25) is 0 Å². The van der Waals surface area contributed by atoms with E-state index in [1.807, 2.05) is 0 Å². The van der Waals surface area contributed by atoms with E-state index in [-0.39, 0.29) is 12.1 Å². The molecule has 2 aromatic rings. The molecule has 1 aromatic carbocycles. The molecule has 2 rings (SSSR count). The van der Waals surface area contributed by atoms with Crippen molar-refractivity contribution in [1.29, 1.82) is 0 Å². The smallest absolute Gasteiger partial charge is 0.341 e. The van der Waals surface area contributed by atoms with E-state index >= 15 is 0 Å². The number of nitrogens with zero attached hydrogens (tertiary/aromatic N) is 1. The fourth-order valence-electron chi connectivity index (χ4n) is 1.68. The molecule has 19 heavy (non-hydrogen) atoms. The minimum absolute atomic E-state index is 0.0226. The third-order valence-electron chi connectivity index (χ3n) is 2.58. The van der Waals surface area contributed by atoms with Gasteiger partial charge in [-0.3, -0.25) is 4.79 Å². The maximum atomic E-state index is 13.5. The number of carbonyl (C=O) groups is 1. The number of hydrogen-bond donors (Lipinski definition) is 1. The zero-order chi connectivity index (χ0) is 14.0. The molecule has 0 radical (unpaired) electrons. The highest BCUT2D eigenvalue weighted by atomic mass is 79.9. The number of halogens is 2. The average Bonchev–Trinajstić information content (AvgIpc) is 2.35. The third kappa shape index (κ3) is 2.90. The van der Waals surface area contributed by atoms with Crippen LogP contribution in [0.3, 0.4) is 0 Å². The summed E-state index contributed by atoms with van der Waals surface area (Å²) in [5, 5.41) is 8.93. The molecule has 0 saturated carbocycles. The van der Waals surface area contributed by atoms with Crippen molar-refractivity contribution in [2.45, 2.75) is 6.54 Å². The number of aromatic carboxylic acids is 1. The van der Waals surface area contributed by atoms with E-state index in [2.05, 4.69) is 15.9 Å². The van der Waals surface area contributed by atoms with Crippen LogP contribution in [-0.2, 0) is 6.54 Å². The molecule has 0 atom stereocenters. The minimum atomic E-state index is -1.31. The Hall–Kier alpha value is -1.95. The molecular formula is C13H9BrFNO3. The van der Waals surface area contributed by atoms with Crippen molar-refractivity contribution in [3.63, 3.8) is 0 Å². The van der Waals surface area contributed by atoms with Crippen LogP contribution in [0, 0.1) is 5.82 Å². The van der Waals surface area contributed by atoms with Gasteiger partial charge in [0, 0.05) is 16.2 Å². The molecule has 0 aliphatic rings. The predicted molar refractivity (Wildman–Crippen MR) is 70.9 cm³/mol. The van der Waals surface area contributed by atoms with Gasteiger partial charge < -0.3 is 9.67 Å². The average molecular weight is 326 g/mol. The summed E-state index contributed by atoms with van der Waals surface area (Å²) in [7, 11) is 0. The van der Waals surface area contributed by atoms with E-state index in [0.717, 1.165) is 4.57 Å². The summed E-state index contributed by atoms with van der Waals surface area (Å²) < 4.78 is 15.1. The Bertz CT molecular complexity index is 697. The van der Waals surface area contributed by atoms with Crippen molar-refractivity contribution >= 4 is 21.9 Å². The Morgan fingerprint density at radius 2 is 2.05 bits per heavy atom. The summed E-state index contributed by atoms with van der Waals surface area (Å²) in [5.74, 6) is -1.75. The molecule has 0 aliphatic heterocycles. The molecule has 0 saturated heterocycles. The number of hydrogen-bond acceptors (Lipinski definition) is 2. The van der Waals surface area contributed by atoms with E-state index in [1.54, 1.807) is 18.2 Å². The van der Waals surface area contributed by atoms with Gasteiger partial charge in [0.15, 0.2) is 0 Å².